The minimum absolute atomic E-state index is 0.193. The van der Waals surface area contributed by atoms with E-state index in [1.807, 2.05) is 57.2 Å². The summed E-state index contributed by atoms with van der Waals surface area (Å²) < 4.78 is 0. The first kappa shape index (κ1) is 15.4. The lowest BCUT2D eigenvalue weighted by Crippen LogP contribution is -2.12. The molecule has 0 atom stereocenters. The minimum atomic E-state index is -0.193. The van der Waals surface area contributed by atoms with Crippen LogP contribution in [0.5, 0.6) is 0 Å². The average molecular weight is 329 g/mol. The molecule has 25 heavy (non-hydrogen) atoms. The van der Waals surface area contributed by atoms with Crippen molar-refractivity contribution in [3.63, 3.8) is 0 Å². The van der Waals surface area contributed by atoms with Gasteiger partial charge in [0.05, 0.1) is 11.0 Å². The highest BCUT2D eigenvalue weighted by atomic mass is 16.1. The van der Waals surface area contributed by atoms with Crippen LogP contribution < -0.4 is 5.32 Å². The second-order valence-corrected chi connectivity index (χ2v) is 6.58. The van der Waals surface area contributed by atoms with Gasteiger partial charge in [-0.2, -0.15) is 0 Å². The van der Waals surface area contributed by atoms with Crippen LogP contribution in [0.4, 0.5) is 5.69 Å². The number of rotatable bonds is 2. The molecule has 0 radical (unpaired) electrons. The lowest BCUT2D eigenvalue weighted by Gasteiger charge is -2.06. The first-order valence-corrected chi connectivity index (χ1v) is 8.28. The van der Waals surface area contributed by atoms with Gasteiger partial charge in [0, 0.05) is 22.2 Å². The van der Waals surface area contributed by atoms with Crippen LogP contribution in [0.25, 0.3) is 21.8 Å². The Morgan fingerprint density at radius 2 is 1.60 bits per heavy atom. The number of amides is 1. The van der Waals surface area contributed by atoms with Gasteiger partial charge in [-0.25, -0.2) is 4.98 Å². The van der Waals surface area contributed by atoms with E-state index in [0.717, 1.165) is 44.3 Å². The summed E-state index contributed by atoms with van der Waals surface area (Å²) in [4.78, 5) is 20.6. The molecule has 0 fully saturated rings. The molecule has 0 saturated heterocycles. The summed E-state index contributed by atoms with van der Waals surface area (Å²) in [5.74, 6) is -0.193. The number of hydrogen-bond acceptors (Lipinski definition) is 2. The Balaban J connectivity index is 1.74. The number of aromatic amines is 1. The molecule has 2 heterocycles. The van der Waals surface area contributed by atoms with E-state index in [4.69, 9.17) is 0 Å². The third-order valence-corrected chi connectivity index (χ3v) is 4.31. The molecule has 4 rings (SSSR count). The van der Waals surface area contributed by atoms with Gasteiger partial charge in [0.25, 0.3) is 5.91 Å². The predicted octanol–water partition coefficient (Wildman–Crippen LogP) is 4.89. The predicted molar refractivity (Wildman–Crippen MR) is 102 cm³/mol. The molecule has 2 aromatic heterocycles. The number of anilines is 1. The maximum atomic E-state index is 12.6. The van der Waals surface area contributed by atoms with Gasteiger partial charge in [-0.1, -0.05) is 24.3 Å². The van der Waals surface area contributed by atoms with E-state index < -0.39 is 0 Å². The summed E-state index contributed by atoms with van der Waals surface area (Å²) in [5, 5.41) is 4.99. The number of pyridine rings is 1. The van der Waals surface area contributed by atoms with E-state index in [2.05, 4.69) is 27.4 Å². The number of nitrogens with one attached hydrogen (secondary N) is 2. The third-order valence-electron chi connectivity index (χ3n) is 4.31. The number of fused-ring (bicyclic) bond motifs is 3. The molecule has 0 bridgehead atoms. The molecule has 4 nitrogen and oxygen atoms in total. The number of benzene rings is 2. The molecule has 0 aliphatic heterocycles. The van der Waals surface area contributed by atoms with Gasteiger partial charge in [-0.05, 0) is 56.2 Å². The van der Waals surface area contributed by atoms with E-state index in [1.54, 1.807) is 0 Å². The summed E-state index contributed by atoms with van der Waals surface area (Å²) in [7, 11) is 0. The Kier molecular flexibility index (Phi) is 3.53. The smallest absolute Gasteiger partial charge is 0.274 e. The number of carbonyl (C=O) groups excluding carboxylic acids is 1. The highest BCUT2D eigenvalue weighted by Crippen LogP contribution is 2.25. The summed E-state index contributed by atoms with van der Waals surface area (Å²) in [6.07, 6.45) is 0. The van der Waals surface area contributed by atoms with Gasteiger partial charge >= 0.3 is 0 Å². The van der Waals surface area contributed by atoms with Crippen LogP contribution in [0.2, 0.25) is 0 Å². The highest BCUT2D eigenvalue weighted by Gasteiger charge is 2.13. The summed E-state index contributed by atoms with van der Waals surface area (Å²) in [5.41, 5.74) is 6.30. The van der Waals surface area contributed by atoms with E-state index in [0.29, 0.717) is 5.69 Å². The molecule has 124 valence electrons. The van der Waals surface area contributed by atoms with E-state index in [1.165, 1.54) is 0 Å². The molecule has 4 heteroatoms. The first-order chi connectivity index (χ1) is 12.0. The standard InChI is InChI=1S/C21H19N3O/c1-12-8-13(2)10-17(9-12)23-21(25)18-11-16-7-6-15-5-4-14(3)22-19(15)20(16)24-18/h4-11,22H,1-3H3,(H,23,25). The molecule has 1 amide bonds. The van der Waals surface area contributed by atoms with Crippen molar-refractivity contribution in [2.45, 2.75) is 20.8 Å². The van der Waals surface area contributed by atoms with Gasteiger partial charge in [0.15, 0.2) is 0 Å². The Bertz CT molecular complexity index is 1100. The third kappa shape index (κ3) is 2.87. The van der Waals surface area contributed by atoms with Crippen LogP contribution in [-0.4, -0.2) is 15.9 Å². The molecule has 2 N–H and O–H groups in total. The SMILES string of the molecule is Cc1cc(C)cc(NC(=O)c2cc3ccc4ccc(C)[nH]c4c3n2)c1. The maximum absolute atomic E-state index is 12.6. The van der Waals surface area contributed by atoms with Crippen molar-refractivity contribution >= 4 is 33.4 Å². The van der Waals surface area contributed by atoms with Gasteiger partial charge in [-0.3, -0.25) is 4.79 Å². The van der Waals surface area contributed by atoms with Crippen LogP contribution >= 0.6 is 0 Å². The summed E-state index contributed by atoms with van der Waals surface area (Å²) in [6.45, 7) is 6.04. The Morgan fingerprint density at radius 1 is 0.920 bits per heavy atom. The molecule has 4 aromatic rings. The number of H-pyrrole nitrogens is 1. The van der Waals surface area contributed by atoms with Gasteiger partial charge in [-0.15, -0.1) is 0 Å². The van der Waals surface area contributed by atoms with Gasteiger partial charge in [0.1, 0.15) is 5.69 Å². The number of nitrogens with zero attached hydrogens (tertiary/aromatic N) is 1. The quantitative estimate of drug-likeness (QED) is 0.550. The van der Waals surface area contributed by atoms with E-state index >= 15 is 0 Å². The van der Waals surface area contributed by atoms with Crippen molar-refractivity contribution in [1.29, 1.82) is 0 Å². The normalized spacial score (nSPS) is 11.2. The van der Waals surface area contributed by atoms with Crippen molar-refractivity contribution in [1.82, 2.24) is 9.97 Å². The number of aromatic nitrogens is 2. The molecule has 0 unspecified atom stereocenters. The zero-order valence-corrected chi connectivity index (χ0v) is 14.5. The molecule has 0 saturated carbocycles. The fourth-order valence-electron chi connectivity index (χ4n) is 3.24. The number of hydrogen-bond donors (Lipinski definition) is 2. The topological polar surface area (TPSA) is 57.8 Å². The molecule has 0 aliphatic carbocycles. The van der Waals surface area contributed by atoms with Crippen molar-refractivity contribution < 1.29 is 4.79 Å². The molecule has 2 aromatic carbocycles. The van der Waals surface area contributed by atoms with Crippen LogP contribution in [0.1, 0.15) is 27.3 Å². The molecular formula is C21H19N3O. The molecular weight excluding hydrogens is 310 g/mol. The zero-order chi connectivity index (χ0) is 17.6. The second kappa shape index (κ2) is 5.74. The lowest BCUT2D eigenvalue weighted by atomic mass is 10.1. The Labute approximate surface area is 145 Å². The number of aryl methyl sites for hydroxylation is 3. The number of carbonyl (C=O) groups is 1. The van der Waals surface area contributed by atoms with E-state index in [-0.39, 0.29) is 5.91 Å². The van der Waals surface area contributed by atoms with Crippen LogP contribution in [0, 0.1) is 20.8 Å². The monoisotopic (exact) mass is 329 g/mol. The van der Waals surface area contributed by atoms with Crippen molar-refractivity contribution in [2.75, 3.05) is 5.32 Å². The van der Waals surface area contributed by atoms with Gasteiger partial charge in [0.2, 0.25) is 0 Å². The highest BCUT2D eigenvalue weighted by molar-refractivity contribution is 6.10. The largest absolute Gasteiger partial charge is 0.357 e. The van der Waals surface area contributed by atoms with Crippen LogP contribution in [0.15, 0.2) is 48.5 Å². The van der Waals surface area contributed by atoms with Crippen LogP contribution in [0.3, 0.4) is 0 Å². The van der Waals surface area contributed by atoms with Crippen molar-refractivity contribution in [3.8, 4) is 0 Å². The van der Waals surface area contributed by atoms with Crippen LogP contribution in [-0.2, 0) is 0 Å². The van der Waals surface area contributed by atoms with Crippen molar-refractivity contribution in [2.24, 2.45) is 0 Å². The lowest BCUT2D eigenvalue weighted by molar-refractivity contribution is 0.102. The summed E-state index contributed by atoms with van der Waals surface area (Å²) >= 11 is 0. The maximum Gasteiger partial charge on any atom is 0.274 e. The minimum Gasteiger partial charge on any atom is -0.357 e. The fraction of sp³-hybridized carbons (Fsp3) is 0.143. The second-order valence-electron chi connectivity index (χ2n) is 6.58. The zero-order valence-electron chi connectivity index (χ0n) is 14.5. The van der Waals surface area contributed by atoms with Crippen molar-refractivity contribution in [3.05, 3.63) is 71.0 Å². The Hall–Kier alpha value is -3.14. The average Bonchev–Trinajstić information content (AvgIpc) is 2.98. The first-order valence-electron chi connectivity index (χ1n) is 8.28. The summed E-state index contributed by atoms with van der Waals surface area (Å²) in [6, 6.07) is 16.0. The molecule has 0 aliphatic rings. The Morgan fingerprint density at radius 3 is 2.36 bits per heavy atom. The van der Waals surface area contributed by atoms with E-state index in [9.17, 15) is 4.79 Å². The van der Waals surface area contributed by atoms with Gasteiger partial charge < -0.3 is 10.3 Å². The fourth-order valence-corrected chi connectivity index (χ4v) is 3.24. The molecule has 0 spiro atoms.